The van der Waals surface area contributed by atoms with Crippen LogP contribution in [0.2, 0.25) is 0 Å². The summed E-state index contributed by atoms with van der Waals surface area (Å²) in [5.74, 6) is 0.385. The van der Waals surface area contributed by atoms with Gasteiger partial charge in [-0.15, -0.1) is 0 Å². The van der Waals surface area contributed by atoms with E-state index in [1.165, 1.54) is 6.42 Å². The molecule has 0 atom stereocenters. The first-order chi connectivity index (χ1) is 9.06. The van der Waals surface area contributed by atoms with Gasteiger partial charge < -0.3 is 15.8 Å². The molecule has 104 valence electrons. The molecular weight excluding hydrogens is 240 g/mol. The molecule has 0 bridgehead atoms. The van der Waals surface area contributed by atoms with Crippen LogP contribution in [0.4, 0.5) is 5.69 Å². The molecule has 4 nitrogen and oxygen atoms in total. The maximum absolute atomic E-state index is 12.4. The van der Waals surface area contributed by atoms with E-state index in [4.69, 9.17) is 10.5 Å². The van der Waals surface area contributed by atoms with E-state index in [9.17, 15) is 4.79 Å². The van der Waals surface area contributed by atoms with Crippen LogP contribution in [-0.2, 0) is 0 Å². The Morgan fingerprint density at radius 3 is 2.63 bits per heavy atom. The molecule has 0 heterocycles. The quantitative estimate of drug-likeness (QED) is 0.823. The van der Waals surface area contributed by atoms with Crippen molar-refractivity contribution < 1.29 is 9.53 Å². The van der Waals surface area contributed by atoms with E-state index < -0.39 is 0 Å². The predicted octanol–water partition coefficient (Wildman–Crippen LogP) is 2.73. The molecule has 1 aromatic carbocycles. The molecule has 0 aromatic heterocycles. The Morgan fingerprint density at radius 2 is 2.00 bits per heavy atom. The highest BCUT2D eigenvalue weighted by Crippen LogP contribution is 2.30. The van der Waals surface area contributed by atoms with Crippen LogP contribution in [0.15, 0.2) is 18.2 Å². The third-order valence-corrected chi connectivity index (χ3v) is 3.88. The zero-order valence-electron chi connectivity index (χ0n) is 11.7. The number of carbonyl (C=O) groups excluding carboxylic acids is 1. The van der Waals surface area contributed by atoms with Crippen LogP contribution in [0, 0.1) is 0 Å². The molecule has 0 radical (unpaired) electrons. The number of rotatable bonds is 3. The average molecular weight is 262 g/mol. The van der Waals surface area contributed by atoms with Crippen LogP contribution >= 0.6 is 0 Å². The summed E-state index contributed by atoms with van der Waals surface area (Å²) in [6, 6.07) is 5.27. The number of nitrogens with one attached hydrogen (secondary N) is 1. The standard InChI is InChI=1S/C15H22N2O2/c1-15(9-4-3-5-10-15)17-14(18)13-11(16)7-6-8-12(13)19-2/h6-8H,3-5,9-10,16H2,1-2H3,(H,17,18). The van der Waals surface area contributed by atoms with Crippen LogP contribution in [0.3, 0.4) is 0 Å². The third kappa shape index (κ3) is 3.00. The molecule has 0 saturated heterocycles. The van der Waals surface area contributed by atoms with Crippen LogP contribution in [0.1, 0.15) is 49.4 Å². The van der Waals surface area contributed by atoms with Crippen LogP contribution in [0.25, 0.3) is 0 Å². The van der Waals surface area contributed by atoms with Gasteiger partial charge in [0.15, 0.2) is 0 Å². The van der Waals surface area contributed by atoms with Gasteiger partial charge in [-0.1, -0.05) is 25.3 Å². The van der Waals surface area contributed by atoms with E-state index in [0.717, 1.165) is 25.7 Å². The lowest BCUT2D eigenvalue weighted by Crippen LogP contribution is -2.47. The van der Waals surface area contributed by atoms with Crippen molar-refractivity contribution in [3.05, 3.63) is 23.8 Å². The maximum Gasteiger partial charge on any atom is 0.257 e. The molecule has 2 rings (SSSR count). The highest BCUT2D eigenvalue weighted by Gasteiger charge is 2.30. The lowest BCUT2D eigenvalue weighted by Gasteiger charge is -2.34. The second kappa shape index (κ2) is 5.51. The van der Waals surface area contributed by atoms with Gasteiger partial charge in [-0.05, 0) is 31.9 Å². The van der Waals surface area contributed by atoms with Crippen molar-refractivity contribution in [2.45, 2.75) is 44.6 Å². The maximum atomic E-state index is 12.4. The number of carbonyl (C=O) groups is 1. The summed E-state index contributed by atoms with van der Waals surface area (Å²) in [6.45, 7) is 2.11. The summed E-state index contributed by atoms with van der Waals surface area (Å²) in [7, 11) is 1.55. The molecule has 1 amide bonds. The zero-order valence-corrected chi connectivity index (χ0v) is 11.7. The Kier molecular flexibility index (Phi) is 3.98. The minimum atomic E-state index is -0.139. The Labute approximate surface area is 114 Å². The number of methoxy groups -OCH3 is 1. The molecule has 0 unspecified atom stereocenters. The van der Waals surface area contributed by atoms with Crippen molar-refractivity contribution in [3.8, 4) is 5.75 Å². The van der Waals surface area contributed by atoms with Gasteiger partial charge in [-0.25, -0.2) is 0 Å². The smallest absolute Gasteiger partial charge is 0.257 e. The van der Waals surface area contributed by atoms with E-state index in [1.807, 2.05) is 0 Å². The van der Waals surface area contributed by atoms with Gasteiger partial charge >= 0.3 is 0 Å². The second-order valence-corrected chi connectivity index (χ2v) is 5.50. The van der Waals surface area contributed by atoms with Gasteiger partial charge in [0.25, 0.3) is 5.91 Å². The van der Waals surface area contributed by atoms with Crippen molar-refractivity contribution in [2.24, 2.45) is 0 Å². The van der Waals surface area contributed by atoms with Crippen molar-refractivity contribution in [3.63, 3.8) is 0 Å². The van der Waals surface area contributed by atoms with Gasteiger partial charge in [0.05, 0.1) is 7.11 Å². The number of ether oxygens (including phenoxy) is 1. The number of hydrogen-bond donors (Lipinski definition) is 2. The van der Waals surface area contributed by atoms with Crippen molar-refractivity contribution in [1.82, 2.24) is 5.32 Å². The van der Waals surface area contributed by atoms with Gasteiger partial charge in [0.2, 0.25) is 0 Å². The van der Waals surface area contributed by atoms with Gasteiger partial charge in [0, 0.05) is 11.2 Å². The van der Waals surface area contributed by atoms with E-state index in [2.05, 4.69) is 12.2 Å². The predicted molar refractivity (Wildman–Crippen MR) is 76.4 cm³/mol. The number of anilines is 1. The summed E-state index contributed by atoms with van der Waals surface area (Å²) in [5.41, 5.74) is 6.68. The topological polar surface area (TPSA) is 64.3 Å². The molecule has 0 spiro atoms. The Hall–Kier alpha value is -1.71. The first kappa shape index (κ1) is 13.7. The fourth-order valence-corrected chi connectivity index (χ4v) is 2.75. The molecule has 1 aliphatic rings. The lowest BCUT2D eigenvalue weighted by atomic mass is 9.83. The molecule has 1 saturated carbocycles. The van der Waals surface area contributed by atoms with Gasteiger partial charge in [0.1, 0.15) is 11.3 Å². The fourth-order valence-electron chi connectivity index (χ4n) is 2.75. The van der Waals surface area contributed by atoms with Gasteiger partial charge in [-0.3, -0.25) is 4.79 Å². The highest BCUT2D eigenvalue weighted by molar-refractivity contribution is 6.02. The number of benzene rings is 1. The van der Waals surface area contributed by atoms with Crippen molar-refractivity contribution in [1.29, 1.82) is 0 Å². The number of hydrogen-bond acceptors (Lipinski definition) is 3. The fraction of sp³-hybridized carbons (Fsp3) is 0.533. The largest absolute Gasteiger partial charge is 0.496 e. The number of amides is 1. The third-order valence-electron chi connectivity index (χ3n) is 3.88. The van der Waals surface area contributed by atoms with Crippen LogP contribution in [0.5, 0.6) is 5.75 Å². The summed E-state index contributed by atoms with van der Waals surface area (Å²) in [6.07, 6.45) is 5.63. The molecule has 1 aromatic rings. The molecular formula is C15H22N2O2. The zero-order chi connectivity index (χ0) is 13.9. The molecule has 1 fully saturated rings. The minimum absolute atomic E-state index is 0.122. The number of nitrogen functional groups attached to an aromatic ring is 1. The molecule has 19 heavy (non-hydrogen) atoms. The second-order valence-electron chi connectivity index (χ2n) is 5.50. The van der Waals surface area contributed by atoms with Crippen molar-refractivity contribution >= 4 is 11.6 Å². The Balaban J connectivity index is 2.20. The lowest BCUT2D eigenvalue weighted by molar-refractivity contribution is 0.0880. The summed E-state index contributed by atoms with van der Waals surface area (Å²) < 4.78 is 5.23. The van der Waals surface area contributed by atoms with E-state index in [1.54, 1.807) is 25.3 Å². The monoisotopic (exact) mass is 262 g/mol. The number of nitrogens with two attached hydrogens (primary N) is 1. The van der Waals surface area contributed by atoms with Crippen molar-refractivity contribution in [2.75, 3.05) is 12.8 Å². The Morgan fingerprint density at radius 1 is 1.32 bits per heavy atom. The summed E-state index contributed by atoms with van der Waals surface area (Å²) in [4.78, 5) is 12.4. The first-order valence-corrected chi connectivity index (χ1v) is 6.81. The molecule has 3 N–H and O–H groups in total. The summed E-state index contributed by atoms with van der Waals surface area (Å²) in [5, 5.41) is 3.13. The molecule has 4 heteroatoms. The average Bonchev–Trinajstić information content (AvgIpc) is 2.38. The van der Waals surface area contributed by atoms with Gasteiger partial charge in [-0.2, -0.15) is 0 Å². The SMILES string of the molecule is COc1cccc(N)c1C(=O)NC1(C)CCCCC1. The van der Waals surface area contributed by atoms with E-state index in [0.29, 0.717) is 17.0 Å². The Bertz CT molecular complexity index is 465. The minimum Gasteiger partial charge on any atom is -0.496 e. The van der Waals surface area contributed by atoms with E-state index >= 15 is 0 Å². The van der Waals surface area contributed by atoms with Crippen LogP contribution < -0.4 is 15.8 Å². The van der Waals surface area contributed by atoms with E-state index in [-0.39, 0.29) is 11.4 Å². The molecule has 1 aliphatic carbocycles. The molecule has 0 aliphatic heterocycles. The first-order valence-electron chi connectivity index (χ1n) is 6.81. The van der Waals surface area contributed by atoms with Crippen LogP contribution in [-0.4, -0.2) is 18.6 Å². The highest BCUT2D eigenvalue weighted by atomic mass is 16.5. The normalized spacial score (nSPS) is 17.8. The summed E-state index contributed by atoms with van der Waals surface area (Å²) >= 11 is 0.